The number of nitrogens with zero attached hydrogens (tertiary/aromatic N) is 1. The van der Waals surface area contributed by atoms with Crippen molar-refractivity contribution < 1.29 is 4.74 Å². The van der Waals surface area contributed by atoms with Crippen molar-refractivity contribution in [3.8, 4) is 0 Å². The Kier molecular flexibility index (Phi) is 4.07. The number of hydrogen-bond donors (Lipinski definition) is 2. The molecule has 1 unspecified atom stereocenters. The number of hydrazine groups is 1. The minimum absolute atomic E-state index is 0.0136. The maximum absolute atomic E-state index is 5.50. The van der Waals surface area contributed by atoms with Crippen molar-refractivity contribution in [2.75, 3.05) is 26.3 Å². The second kappa shape index (κ2) is 4.89. The van der Waals surface area contributed by atoms with E-state index < -0.39 is 0 Å². The molecule has 1 atom stereocenters. The summed E-state index contributed by atoms with van der Waals surface area (Å²) in [5.41, 5.74) is 2.78. The van der Waals surface area contributed by atoms with Crippen LogP contribution in [0.5, 0.6) is 0 Å². The van der Waals surface area contributed by atoms with Gasteiger partial charge in [0.05, 0.1) is 19.3 Å². The molecule has 1 heterocycles. The molecule has 0 aromatic rings. The lowest BCUT2D eigenvalue weighted by Gasteiger charge is -2.44. The van der Waals surface area contributed by atoms with Gasteiger partial charge in [-0.2, -0.15) is 0 Å². The van der Waals surface area contributed by atoms with E-state index in [0.29, 0.717) is 0 Å². The molecule has 3 N–H and O–H groups in total. The molecule has 1 fully saturated rings. The van der Waals surface area contributed by atoms with E-state index in [2.05, 4.69) is 30.8 Å². The van der Waals surface area contributed by atoms with Crippen molar-refractivity contribution in [3.63, 3.8) is 0 Å². The van der Waals surface area contributed by atoms with Crippen LogP contribution in [0.15, 0.2) is 12.7 Å². The molecular weight excluding hydrogens is 178 g/mol. The Morgan fingerprint density at radius 3 is 2.50 bits per heavy atom. The van der Waals surface area contributed by atoms with E-state index in [4.69, 9.17) is 10.6 Å². The Bertz CT molecular complexity index is 188. The summed E-state index contributed by atoms with van der Waals surface area (Å²) < 4.78 is 5.32. The van der Waals surface area contributed by atoms with E-state index in [9.17, 15) is 0 Å². The summed E-state index contributed by atoms with van der Waals surface area (Å²) in [7, 11) is 0. The first-order valence-electron chi connectivity index (χ1n) is 5.04. The highest BCUT2D eigenvalue weighted by Crippen LogP contribution is 2.20. The van der Waals surface area contributed by atoms with Crippen molar-refractivity contribution in [2.45, 2.75) is 25.4 Å². The topological polar surface area (TPSA) is 50.5 Å². The van der Waals surface area contributed by atoms with Crippen LogP contribution in [0.3, 0.4) is 0 Å². The summed E-state index contributed by atoms with van der Waals surface area (Å²) in [5, 5.41) is 0. The van der Waals surface area contributed by atoms with Gasteiger partial charge in [0.1, 0.15) is 0 Å². The molecule has 0 aromatic carbocycles. The van der Waals surface area contributed by atoms with Gasteiger partial charge >= 0.3 is 0 Å². The highest BCUT2D eigenvalue weighted by Gasteiger charge is 2.33. The van der Waals surface area contributed by atoms with Crippen LogP contribution in [0, 0.1) is 0 Å². The summed E-state index contributed by atoms with van der Waals surface area (Å²) in [5.74, 6) is 5.50. The van der Waals surface area contributed by atoms with Gasteiger partial charge in [0.2, 0.25) is 0 Å². The molecule has 0 aromatic heterocycles. The third-order valence-electron chi connectivity index (χ3n) is 3.00. The van der Waals surface area contributed by atoms with Gasteiger partial charge in [-0.1, -0.05) is 6.08 Å². The lowest BCUT2D eigenvalue weighted by atomic mass is 9.92. The number of hydrogen-bond acceptors (Lipinski definition) is 4. The van der Waals surface area contributed by atoms with Gasteiger partial charge in [-0.15, -0.1) is 6.58 Å². The second-order valence-electron chi connectivity index (χ2n) is 4.13. The highest BCUT2D eigenvalue weighted by molar-refractivity contribution is 5.02. The maximum atomic E-state index is 5.50. The van der Waals surface area contributed by atoms with Gasteiger partial charge in [0, 0.05) is 18.6 Å². The van der Waals surface area contributed by atoms with Gasteiger partial charge < -0.3 is 4.74 Å². The maximum Gasteiger partial charge on any atom is 0.0594 e. The molecule has 1 aliphatic heterocycles. The van der Waals surface area contributed by atoms with Crippen LogP contribution in [0.2, 0.25) is 0 Å². The van der Waals surface area contributed by atoms with E-state index in [-0.39, 0.29) is 11.6 Å². The fourth-order valence-corrected chi connectivity index (χ4v) is 1.90. The largest absolute Gasteiger partial charge is 0.379 e. The van der Waals surface area contributed by atoms with E-state index in [0.717, 1.165) is 26.3 Å². The van der Waals surface area contributed by atoms with Crippen molar-refractivity contribution >= 4 is 0 Å². The summed E-state index contributed by atoms with van der Waals surface area (Å²) in [6.45, 7) is 11.7. The number of ether oxygens (including phenoxy) is 1. The number of nitrogens with two attached hydrogens (primary N) is 1. The average Bonchev–Trinajstić information content (AvgIpc) is 2.20. The first-order valence-corrected chi connectivity index (χ1v) is 5.04. The van der Waals surface area contributed by atoms with E-state index in [1.54, 1.807) is 0 Å². The molecule has 1 rings (SSSR count). The van der Waals surface area contributed by atoms with Crippen LogP contribution in [0.25, 0.3) is 0 Å². The van der Waals surface area contributed by atoms with Gasteiger partial charge in [-0.05, 0) is 13.8 Å². The summed E-state index contributed by atoms with van der Waals surface area (Å²) in [4.78, 5) is 2.38. The predicted octanol–water partition coefficient (Wildman–Crippen LogP) is 0.115. The van der Waals surface area contributed by atoms with Crippen LogP contribution in [0.4, 0.5) is 0 Å². The average molecular weight is 199 g/mol. The monoisotopic (exact) mass is 199 g/mol. The van der Waals surface area contributed by atoms with E-state index >= 15 is 0 Å². The molecule has 4 heteroatoms. The SMILES string of the molecule is C=CC(NN)C(C)(C)N1CCOCC1. The van der Waals surface area contributed by atoms with Crippen molar-refractivity contribution in [3.05, 3.63) is 12.7 Å². The Hall–Kier alpha value is -0.420. The van der Waals surface area contributed by atoms with E-state index in [1.165, 1.54) is 0 Å². The third-order valence-corrected chi connectivity index (χ3v) is 3.00. The molecule has 4 nitrogen and oxygen atoms in total. The zero-order valence-corrected chi connectivity index (χ0v) is 9.12. The molecule has 0 aliphatic carbocycles. The molecule has 0 bridgehead atoms. The molecule has 0 spiro atoms. The van der Waals surface area contributed by atoms with Crippen molar-refractivity contribution in [2.24, 2.45) is 5.84 Å². The minimum atomic E-state index is -0.0136. The molecule has 0 saturated carbocycles. The molecule has 1 saturated heterocycles. The predicted molar refractivity (Wildman–Crippen MR) is 57.8 cm³/mol. The summed E-state index contributed by atoms with van der Waals surface area (Å²) in [6, 6.07) is 0.0978. The number of rotatable bonds is 4. The van der Waals surface area contributed by atoms with Crippen LogP contribution >= 0.6 is 0 Å². The molecular formula is C10H21N3O. The Balaban J connectivity index is 2.65. The molecule has 0 amide bonds. The van der Waals surface area contributed by atoms with Gasteiger partial charge in [0.15, 0.2) is 0 Å². The molecule has 14 heavy (non-hydrogen) atoms. The fraction of sp³-hybridized carbons (Fsp3) is 0.800. The lowest BCUT2D eigenvalue weighted by molar-refractivity contribution is -0.0176. The normalized spacial score (nSPS) is 21.9. The van der Waals surface area contributed by atoms with Crippen LogP contribution < -0.4 is 11.3 Å². The zero-order valence-electron chi connectivity index (χ0n) is 9.12. The lowest BCUT2D eigenvalue weighted by Crippen LogP contribution is -2.61. The zero-order chi connectivity index (χ0) is 10.6. The van der Waals surface area contributed by atoms with Gasteiger partial charge in [-0.25, -0.2) is 0 Å². The fourth-order valence-electron chi connectivity index (χ4n) is 1.90. The Morgan fingerprint density at radius 1 is 1.50 bits per heavy atom. The van der Waals surface area contributed by atoms with Gasteiger partial charge in [-0.3, -0.25) is 16.2 Å². The standard InChI is InChI=1S/C10H21N3O/c1-4-9(12-11)10(2,3)13-5-7-14-8-6-13/h4,9,12H,1,5-8,11H2,2-3H3. The minimum Gasteiger partial charge on any atom is -0.379 e. The van der Waals surface area contributed by atoms with E-state index in [1.807, 2.05) is 6.08 Å². The van der Waals surface area contributed by atoms with Crippen LogP contribution in [-0.2, 0) is 4.74 Å². The Morgan fingerprint density at radius 2 is 2.07 bits per heavy atom. The number of morpholine rings is 1. The first kappa shape index (κ1) is 11.7. The van der Waals surface area contributed by atoms with Crippen molar-refractivity contribution in [1.82, 2.24) is 10.3 Å². The third kappa shape index (κ3) is 2.33. The molecule has 0 radical (unpaired) electrons. The number of nitrogens with one attached hydrogen (secondary N) is 1. The Labute approximate surface area is 86.1 Å². The second-order valence-corrected chi connectivity index (χ2v) is 4.13. The summed E-state index contributed by atoms with van der Waals surface area (Å²) >= 11 is 0. The molecule has 1 aliphatic rings. The molecule has 82 valence electrons. The van der Waals surface area contributed by atoms with Crippen LogP contribution in [-0.4, -0.2) is 42.8 Å². The quantitative estimate of drug-likeness (QED) is 0.383. The van der Waals surface area contributed by atoms with Crippen LogP contribution in [0.1, 0.15) is 13.8 Å². The van der Waals surface area contributed by atoms with Crippen molar-refractivity contribution in [1.29, 1.82) is 0 Å². The summed E-state index contributed by atoms with van der Waals surface area (Å²) in [6.07, 6.45) is 1.86. The first-order chi connectivity index (χ1) is 6.62. The highest BCUT2D eigenvalue weighted by atomic mass is 16.5. The smallest absolute Gasteiger partial charge is 0.0594 e. The van der Waals surface area contributed by atoms with Gasteiger partial charge in [0.25, 0.3) is 0 Å².